The van der Waals surface area contributed by atoms with Crippen molar-refractivity contribution in [1.29, 1.82) is 0 Å². The van der Waals surface area contributed by atoms with Crippen LogP contribution < -0.4 is 5.73 Å². The van der Waals surface area contributed by atoms with E-state index in [-0.39, 0.29) is 11.6 Å². The van der Waals surface area contributed by atoms with E-state index in [1.54, 1.807) is 6.92 Å². The van der Waals surface area contributed by atoms with E-state index in [1.165, 1.54) is 0 Å². The molecule has 1 heterocycles. The number of nitrogens with zero attached hydrogens (tertiary/aromatic N) is 2. The average molecular weight is 185 g/mol. The maximum atomic E-state index is 11.1. The molecule has 0 aromatic heterocycles. The molecule has 0 fully saturated rings. The third kappa shape index (κ3) is 3.10. The van der Waals surface area contributed by atoms with E-state index in [4.69, 9.17) is 10.5 Å². The van der Waals surface area contributed by atoms with Crippen LogP contribution in [0.25, 0.3) is 0 Å². The van der Waals surface area contributed by atoms with Crippen LogP contribution in [-0.4, -0.2) is 24.3 Å². The fraction of sp³-hybridized carbons (Fsp3) is 0.875. The van der Waals surface area contributed by atoms with Crippen LogP contribution in [0, 0.1) is 0 Å². The summed E-state index contributed by atoms with van der Waals surface area (Å²) in [5, 5.41) is 7.66. The molecular weight excluding hydrogens is 170 g/mol. The summed E-state index contributed by atoms with van der Waals surface area (Å²) in [5.41, 5.74) is 5.31. The van der Waals surface area contributed by atoms with Gasteiger partial charge in [0.05, 0.1) is 6.61 Å². The van der Waals surface area contributed by atoms with Gasteiger partial charge in [-0.1, -0.05) is 0 Å². The van der Waals surface area contributed by atoms with E-state index in [0.29, 0.717) is 19.4 Å². The van der Waals surface area contributed by atoms with Crippen molar-refractivity contribution in [2.45, 2.75) is 38.4 Å². The Morgan fingerprint density at radius 3 is 2.69 bits per heavy atom. The molecule has 1 atom stereocenters. The Labute approximate surface area is 77.3 Å². The van der Waals surface area contributed by atoms with Gasteiger partial charge in [-0.2, -0.15) is 10.2 Å². The van der Waals surface area contributed by atoms with Gasteiger partial charge in [0.25, 0.3) is 0 Å². The first-order chi connectivity index (χ1) is 6.07. The highest BCUT2D eigenvalue weighted by Crippen LogP contribution is 2.32. The topological polar surface area (TPSA) is 77.0 Å². The van der Waals surface area contributed by atoms with Crippen LogP contribution in [0.4, 0.5) is 0 Å². The first-order valence-corrected chi connectivity index (χ1v) is 4.44. The molecule has 0 amide bonds. The van der Waals surface area contributed by atoms with Crippen molar-refractivity contribution >= 4 is 5.97 Å². The summed E-state index contributed by atoms with van der Waals surface area (Å²) in [6, 6.07) is -0.539. The van der Waals surface area contributed by atoms with Crippen LogP contribution in [0.2, 0.25) is 0 Å². The van der Waals surface area contributed by atoms with Crippen molar-refractivity contribution in [2.75, 3.05) is 6.61 Å². The lowest BCUT2D eigenvalue weighted by atomic mass is 10.1. The number of ether oxygens (including phenoxy) is 1. The molecule has 0 saturated carbocycles. The van der Waals surface area contributed by atoms with Crippen LogP contribution in [0.15, 0.2) is 10.2 Å². The highest BCUT2D eigenvalue weighted by molar-refractivity contribution is 5.75. The molecule has 13 heavy (non-hydrogen) atoms. The van der Waals surface area contributed by atoms with Gasteiger partial charge in [-0.3, -0.25) is 4.79 Å². The van der Waals surface area contributed by atoms with Crippen molar-refractivity contribution < 1.29 is 9.53 Å². The molecule has 5 nitrogen and oxygen atoms in total. The van der Waals surface area contributed by atoms with Crippen molar-refractivity contribution in [3.63, 3.8) is 0 Å². The molecule has 0 unspecified atom stereocenters. The van der Waals surface area contributed by atoms with Crippen LogP contribution in [-0.2, 0) is 9.53 Å². The van der Waals surface area contributed by atoms with Gasteiger partial charge in [0.1, 0.15) is 6.04 Å². The van der Waals surface area contributed by atoms with Gasteiger partial charge < -0.3 is 10.5 Å². The minimum absolute atomic E-state index is 0.274. The van der Waals surface area contributed by atoms with E-state index in [1.807, 2.05) is 6.92 Å². The number of rotatable bonds is 5. The Bertz CT molecular complexity index is 221. The molecule has 1 aliphatic heterocycles. The SMILES string of the molecule is CCOC(=O)[C@@H](N)CCC1(C)N=N1. The molecule has 0 saturated heterocycles. The fourth-order valence-electron chi connectivity index (χ4n) is 0.981. The molecule has 0 spiro atoms. The summed E-state index contributed by atoms with van der Waals surface area (Å²) < 4.78 is 4.76. The monoisotopic (exact) mass is 185 g/mol. The normalized spacial score (nSPS) is 19.6. The first kappa shape index (κ1) is 10.1. The van der Waals surface area contributed by atoms with Gasteiger partial charge in [0.15, 0.2) is 5.66 Å². The molecule has 1 aliphatic rings. The van der Waals surface area contributed by atoms with Gasteiger partial charge in [-0.15, -0.1) is 0 Å². The van der Waals surface area contributed by atoms with Crippen molar-refractivity contribution in [2.24, 2.45) is 16.0 Å². The molecule has 74 valence electrons. The van der Waals surface area contributed by atoms with Crippen LogP contribution in [0.1, 0.15) is 26.7 Å². The molecule has 0 aromatic rings. The largest absolute Gasteiger partial charge is 0.465 e. The smallest absolute Gasteiger partial charge is 0.322 e. The number of esters is 1. The predicted octanol–water partition coefficient (Wildman–Crippen LogP) is 0.839. The lowest BCUT2D eigenvalue weighted by Crippen LogP contribution is -2.33. The zero-order valence-electron chi connectivity index (χ0n) is 7.99. The molecule has 5 heteroatoms. The average Bonchev–Trinajstić information content (AvgIpc) is 2.81. The second-order valence-electron chi connectivity index (χ2n) is 3.31. The quantitative estimate of drug-likeness (QED) is 0.645. The first-order valence-electron chi connectivity index (χ1n) is 4.44. The number of carbonyl (C=O) groups is 1. The van der Waals surface area contributed by atoms with Crippen molar-refractivity contribution in [1.82, 2.24) is 0 Å². The molecule has 2 N–H and O–H groups in total. The number of nitrogens with two attached hydrogens (primary N) is 1. The minimum Gasteiger partial charge on any atom is -0.465 e. The van der Waals surface area contributed by atoms with Crippen LogP contribution >= 0.6 is 0 Å². The van der Waals surface area contributed by atoms with Gasteiger partial charge in [0.2, 0.25) is 0 Å². The fourth-order valence-corrected chi connectivity index (χ4v) is 0.981. The zero-order chi connectivity index (χ0) is 9.90. The summed E-state index contributed by atoms with van der Waals surface area (Å²) in [6.45, 7) is 4.04. The predicted molar refractivity (Wildman–Crippen MR) is 47.1 cm³/mol. The zero-order valence-corrected chi connectivity index (χ0v) is 7.99. The number of carbonyl (C=O) groups excluding carboxylic acids is 1. The minimum atomic E-state index is -0.539. The second-order valence-corrected chi connectivity index (χ2v) is 3.31. The Morgan fingerprint density at radius 1 is 1.62 bits per heavy atom. The van der Waals surface area contributed by atoms with Gasteiger partial charge in [-0.25, -0.2) is 0 Å². The summed E-state index contributed by atoms with van der Waals surface area (Å²) in [6.07, 6.45) is 1.29. The Kier molecular flexibility index (Phi) is 2.98. The number of hydrogen-bond donors (Lipinski definition) is 1. The summed E-state index contributed by atoms with van der Waals surface area (Å²) >= 11 is 0. The third-order valence-corrected chi connectivity index (χ3v) is 1.96. The van der Waals surface area contributed by atoms with E-state index in [0.717, 1.165) is 0 Å². The van der Waals surface area contributed by atoms with Gasteiger partial charge >= 0.3 is 5.97 Å². The molecule has 0 bridgehead atoms. The molecule has 0 radical (unpaired) electrons. The third-order valence-electron chi connectivity index (χ3n) is 1.96. The van der Waals surface area contributed by atoms with Gasteiger partial charge in [0, 0.05) is 0 Å². The van der Waals surface area contributed by atoms with Crippen molar-refractivity contribution in [3.8, 4) is 0 Å². The second kappa shape index (κ2) is 3.83. The Balaban J connectivity index is 2.16. The van der Waals surface area contributed by atoms with E-state index in [9.17, 15) is 4.79 Å². The highest BCUT2D eigenvalue weighted by atomic mass is 16.5. The van der Waals surface area contributed by atoms with E-state index in [2.05, 4.69) is 10.2 Å². The lowest BCUT2D eigenvalue weighted by Gasteiger charge is -2.10. The highest BCUT2D eigenvalue weighted by Gasteiger charge is 2.34. The summed E-state index contributed by atoms with van der Waals surface area (Å²) in [4.78, 5) is 11.1. The maximum absolute atomic E-state index is 11.1. The standard InChI is InChI=1S/C8H15N3O2/c1-3-13-7(12)6(9)4-5-8(2)10-11-8/h6H,3-5,9H2,1-2H3/t6-/m0/s1. The summed E-state index contributed by atoms with van der Waals surface area (Å²) in [7, 11) is 0. The molecule has 1 rings (SSSR count). The lowest BCUT2D eigenvalue weighted by molar-refractivity contribution is -0.144. The Morgan fingerprint density at radius 2 is 2.23 bits per heavy atom. The molecule has 0 aromatic carbocycles. The van der Waals surface area contributed by atoms with Crippen LogP contribution in [0.3, 0.4) is 0 Å². The van der Waals surface area contributed by atoms with Crippen LogP contribution in [0.5, 0.6) is 0 Å². The van der Waals surface area contributed by atoms with E-state index >= 15 is 0 Å². The molecular formula is C8H15N3O2. The van der Waals surface area contributed by atoms with Crippen molar-refractivity contribution in [3.05, 3.63) is 0 Å². The Hall–Kier alpha value is -0.970. The molecule has 0 aliphatic carbocycles. The van der Waals surface area contributed by atoms with E-state index < -0.39 is 6.04 Å². The summed E-state index contributed by atoms with van der Waals surface area (Å²) in [5.74, 6) is -0.341. The number of hydrogen-bond acceptors (Lipinski definition) is 5. The maximum Gasteiger partial charge on any atom is 0.322 e. The van der Waals surface area contributed by atoms with Gasteiger partial charge in [-0.05, 0) is 26.7 Å².